The number of aromatic nitrogens is 2. The maximum absolute atomic E-state index is 12.3. The fourth-order valence-electron chi connectivity index (χ4n) is 2.69. The Labute approximate surface area is 150 Å². The molecule has 0 bridgehead atoms. The normalized spacial score (nSPS) is 10.8. The molecule has 5 nitrogen and oxygen atoms in total. The molecule has 1 heterocycles. The lowest BCUT2D eigenvalue weighted by atomic mass is 9.98. The summed E-state index contributed by atoms with van der Waals surface area (Å²) in [7, 11) is 0. The molecule has 5 heteroatoms. The lowest BCUT2D eigenvalue weighted by molar-refractivity contribution is 0.0948. The minimum Gasteiger partial charge on any atom is -0.351 e. The first-order chi connectivity index (χ1) is 11.9. The molecular weight excluding hydrogens is 312 g/mol. The SMILES string of the molecule is CCCCNC(=O)c1cc(Nc2c(C)cccc2C(C)C)nc(C)n1. The van der Waals surface area contributed by atoms with Crippen LogP contribution in [-0.4, -0.2) is 22.4 Å². The second kappa shape index (κ2) is 8.60. The van der Waals surface area contributed by atoms with Crippen molar-refractivity contribution in [3.8, 4) is 0 Å². The summed E-state index contributed by atoms with van der Waals surface area (Å²) >= 11 is 0. The summed E-state index contributed by atoms with van der Waals surface area (Å²) in [4.78, 5) is 21.0. The zero-order chi connectivity index (χ0) is 18.4. The highest BCUT2D eigenvalue weighted by atomic mass is 16.1. The molecule has 1 aromatic heterocycles. The number of para-hydroxylation sites is 1. The lowest BCUT2D eigenvalue weighted by Crippen LogP contribution is -2.25. The largest absolute Gasteiger partial charge is 0.351 e. The van der Waals surface area contributed by atoms with Crippen molar-refractivity contribution in [2.24, 2.45) is 0 Å². The summed E-state index contributed by atoms with van der Waals surface area (Å²) in [5.41, 5.74) is 3.82. The summed E-state index contributed by atoms with van der Waals surface area (Å²) < 4.78 is 0. The van der Waals surface area contributed by atoms with Gasteiger partial charge in [-0.25, -0.2) is 9.97 Å². The maximum atomic E-state index is 12.3. The lowest BCUT2D eigenvalue weighted by Gasteiger charge is -2.17. The van der Waals surface area contributed by atoms with Gasteiger partial charge in [0.05, 0.1) is 0 Å². The van der Waals surface area contributed by atoms with E-state index < -0.39 is 0 Å². The predicted molar refractivity (Wildman–Crippen MR) is 103 cm³/mol. The van der Waals surface area contributed by atoms with Gasteiger partial charge in [-0.1, -0.05) is 45.4 Å². The van der Waals surface area contributed by atoms with E-state index in [4.69, 9.17) is 0 Å². The van der Waals surface area contributed by atoms with Crippen LogP contribution in [0.4, 0.5) is 11.5 Å². The van der Waals surface area contributed by atoms with E-state index in [2.05, 4.69) is 66.5 Å². The number of hydrogen-bond acceptors (Lipinski definition) is 4. The third-order valence-electron chi connectivity index (χ3n) is 4.07. The van der Waals surface area contributed by atoms with Crippen LogP contribution < -0.4 is 10.6 Å². The molecule has 1 amide bonds. The first-order valence-corrected chi connectivity index (χ1v) is 8.92. The number of carbonyl (C=O) groups is 1. The van der Waals surface area contributed by atoms with Crippen LogP contribution in [0.5, 0.6) is 0 Å². The van der Waals surface area contributed by atoms with E-state index in [0.29, 0.717) is 29.8 Å². The van der Waals surface area contributed by atoms with Crippen LogP contribution in [0.25, 0.3) is 0 Å². The molecule has 0 saturated heterocycles. The van der Waals surface area contributed by atoms with Gasteiger partial charge in [0.25, 0.3) is 5.91 Å². The quantitative estimate of drug-likeness (QED) is 0.729. The monoisotopic (exact) mass is 340 g/mol. The molecule has 0 atom stereocenters. The molecule has 0 aliphatic carbocycles. The molecule has 0 aliphatic rings. The molecule has 1 aromatic carbocycles. The molecule has 134 valence electrons. The standard InChI is InChI=1S/C20H28N4O/c1-6-7-11-21-20(25)17-12-18(23-15(5)22-17)24-19-14(4)9-8-10-16(19)13(2)3/h8-10,12-13H,6-7,11H2,1-5H3,(H,21,25)(H,22,23,24). The maximum Gasteiger partial charge on any atom is 0.270 e. The van der Waals surface area contributed by atoms with Crippen molar-refractivity contribution >= 4 is 17.4 Å². The Bertz CT molecular complexity index is 740. The molecule has 0 spiro atoms. The number of unbranched alkanes of at least 4 members (excludes halogenated alkanes) is 1. The van der Waals surface area contributed by atoms with E-state index in [-0.39, 0.29) is 5.91 Å². The number of carbonyl (C=O) groups excluding carboxylic acids is 1. The predicted octanol–water partition coefficient (Wildman–Crippen LogP) is 4.49. The Morgan fingerprint density at radius 2 is 1.96 bits per heavy atom. The van der Waals surface area contributed by atoms with Crippen LogP contribution in [0, 0.1) is 13.8 Å². The molecule has 2 rings (SSSR count). The molecule has 0 saturated carbocycles. The molecule has 2 N–H and O–H groups in total. The first kappa shape index (κ1) is 18.9. The molecule has 0 radical (unpaired) electrons. The van der Waals surface area contributed by atoms with Crippen molar-refractivity contribution in [1.29, 1.82) is 0 Å². The van der Waals surface area contributed by atoms with Gasteiger partial charge < -0.3 is 10.6 Å². The van der Waals surface area contributed by atoms with Gasteiger partial charge in [-0.2, -0.15) is 0 Å². The van der Waals surface area contributed by atoms with E-state index in [9.17, 15) is 4.79 Å². The average Bonchev–Trinajstić information content (AvgIpc) is 2.56. The van der Waals surface area contributed by atoms with E-state index in [1.807, 2.05) is 0 Å². The average molecular weight is 340 g/mol. The zero-order valence-corrected chi connectivity index (χ0v) is 15.8. The molecule has 0 aliphatic heterocycles. The van der Waals surface area contributed by atoms with Gasteiger partial charge >= 0.3 is 0 Å². The van der Waals surface area contributed by atoms with Crippen LogP contribution >= 0.6 is 0 Å². The number of benzene rings is 1. The van der Waals surface area contributed by atoms with Gasteiger partial charge in [-0.15, -0.1) is 0 Å². The summed E-state index contributed by atoms with van der Waals surface area (Å²) in [6.45, 7) is 11.0. The second-order valence-corrected chi connectivity index (χ2v) is 6.61. The highest BCUT2D eigenvalue weighted by Crippen LogP contribution is 2.29. The van der Waals surface area contributed by atoms with Gasteiger partial charge in [0.15, 0.2) is 0 Å². The number of amides is 1. The Kier molecular flexibility index (Phi) is 6.51. The van der Waals surface area contributed by atoms with Crippen molar-refractivity contribution < 1.29 is 4.79 Å². The summed E-state index contributed by atoms with van der Waals surface area (Å²) in [6.07, 6.45) is 2.00. The van der Waals surface area contributed by atoms with Crippen LogP contribution in [0.1, 0.15) is 67.0 Å². The minimum absolute atomic E-state index is 0.157. The summed E-state index contributed by atoms with van der Waals surface area (Å²) in [6, 6.07) is 7.96. The van der Waals surface area contributed by atoms with Gasteiger partial charge in [0.2, 0.25) is 0 Å². The van der Waals surface area contributed by atoms with Crippen LogP contribution in [-0.2, 0) is 0 Å². The van der Waals surface area contributed by atoms with Gasteiger partial charge in [0, 0.05) is 18.3 Å². The smallest absolute Gasteiger partial charge is 0.270 e. The topological polar surface area (TPSA) is 66.9 Å². The highest BCUT2D eigenvalue weighted by molar-refractivity contribution is 5.93. The second-order valence-electron chi connectivity index (χ2n) is 6.61. The molecule has 2 aromatic rings. The number of hydrogen-bond donors (Lipinski definition) is 2. The molecule has 25 heavy (non-hydrogen) atoms. The van der Waals surface area contributed by atoms with Gasteiger partial charge in [0.1, 0.15) is 17.3 Å². The van der Waals surface area contributed by atoms with Crippen LogP contribution in [0.15, 0.2) is 24.3 Å². The number of nitrogens with zero attached hydrogens (tertiary/aromatic N) is 2. The van der Waals surface area contributed by atoms with Crippen LogP contribution in [0.3, 0.4) is 0 Å². The molecule has 0 fully saturated rings. The Hall–Kier alpha value is -2.43. The van der Waals surface area contributed by atoms with E-state index in [1.54, 1.807) is 13.0 Å². The number of rotatable bonds is 7. The molecular formula is C20H28N4O. The van der Waals surface area contributed by atoms with Crippen LogP contribution in [0.2, 0.25) is 0 Å². The van der Waals surface area contributed by atoms with Gasteiger partial charge in [-0.05, 0) is 37.3 Å². The van der Waals surface area contributed by atoms with E-state index in [0.717, 1.165) is 24.1 Å². The Balaban J connectivity index is 2.28. The zero-order valence-electron chi connectivity index (χ0n) is 15.8. The van der Waals surface area contributed by atoms with Crippen molar-refractivity contribution in [1.82, 2.24) is 15.3 Å². The van der Waals surface area contributed by atoms with Crippen molar-refractivity contribution in [3.05, 3.63) is 46.9 Å². The van der Waals surface area contributed by atoms with E-state index in [1.165, 1.54) is 5.56 Å². The summed E-state index contributed by atoms with van der Waals surface area (Å²) in [5, 5.41) is 6.30. The van der Waals surface area contributed by atoms with E-state index >= 15 is 0 Å². The highest BCUT2D eigenvalue weighted by Gasteiger charge is 2.13. The molecule has 0 unspecified atom stereocenters. The Morgan fingerprint density at radius 1 is 1.20 bits per heavy atom. The first-order valence-electron chi connectivity index (χ1n) is 8.92. The Morgan fingerprint density at radius 3 is 2.64 bits per heavy atom. The third kappa shape index (κ3) is 5.02. The van der Waals surface area contributed by atoms with Crippen molar-refractivity contribution in [3.63, 3.8) is 0 Å². The minimum atomic E-state index is -0.157. The van der Waals surface area contributed by atoms with Crippen molar-refractivity contribution in [2.75, 3.05) is 11.9 Å². The fraction of sp³-hybridized carbons (Fsp3) is 0.450. The van der Waals surface area contributed by atoms with Gasteiger partial charge in [-0.3, -0.25) is 4.79 Å². The number of nitrogens with one attached hydrogen (secondary N) is 2. The summed E-state index contributed by atoms with van der Waals surface area (Å²) in [5.74, 6) is 1.45. The number of anilines is 2. The third-order valence-corrected chi connectivity index (χ3v) is 4.07. The fourth-order valence-corrected chi connectivity index (χ4v) is 2.69. The number of aryl methyl sites for hydroxylation is 2. The van der Waals surface area contributed by atoms with Crippen molar-refractivity contribution in [2.45, 2.75) is 53.4 Å².